The van der Waals surface area contributed by atoms with E-state index in [1.54, 1.807) is 12.1 Å². The van der Waals surface area contributed by atoms with Gasteiger partial charge in [0.05, 0.1) is 27.1 Å². The van der Waals surface area contributed by atoms with E-state index in [1.165, 1.54) is 21.3 Å². The van der Waals surface area contributed by atoms with Crippen molar-refractivity contribution in [2.24, 2.45) is 0 Å². The Bertz CT molecular complexity index is 648. The maximum Gasteiger partial charge on any atom is 0.313 e. The second kappa shape index (κ2) is 7.03. The van der Waals surface area contributed by atoms with Crippen LogP contribution in [0.25, 0.3) is 11.4 Å². The monoisotopic (exact) mass is 325 g/mol. The minimum absolute atomic E-state index is 0.0934. The quantitative estimate of drug-likeness (QED) is 0.740. The van der Waals surface area contributed by atoms with Crippen molar-refractivity contribution in [2.45, 2.75) is 5.16 Å². The van der Waals surface area contributed by atoms with Crippen LogP contribution in [0, 0.1) is 0 Å². The normalized spacial score (nSPS) is 10.3. The summed E-state index contributed by atoms with van der Waals surface area (Å²) in [5.74, 6) is 0.932. The zero-order valence-corrected chi connectivity index (χ0v) is 13.1. The molecule has 1 aromatic heterocycles. The largest absolute Gasteiger partial charge is 0.493 e. The molecule has 0 radical (unpaired) electrons. The Morgan fingerprint density at radius 2 is 1.82 bits per heavy atom. The zero-order chi connectivity index (χ0) is 16.1. The third-order valence-corrected chi connectivity index (χ3v) is 3.59. The molecule has 118 valence electrons. The van der Waals surface area contributed by atoms with Gasteiger partial charge in [0.1, 0.15) is 0 Å². The van der Waals surface area contributed by atoms with Crippen LogP contribution in [0.15, 0.2) is 17.3 Å². The van der Waals surface area contributed by atoms with E-state index < -0.39 is 5.97 Å². The molecule has 8 nitrogen and oxygen atoms in total. The van der Waals surface area contributed by atoms with Gasteiger partial charge in [0.2, 0.25) is 5.75 Å². The van der Waals surface area contributed by atoms with Gasteiger partial charge in [-0.2, -0.15) is 0 Å². The molecule has 1 heterocycles. The van der Waals surface area contributed by atoms with Crippen LogP contribution >= 0.6 is 11.8 Å². The molecule has 0 atom stereocenters. The minimum atomic E-state index is -0.921. The average molecular weight is 325 g/mol. The van der Waals surface area contributed by atoms with Crippen molar-refractivity contribution in [1.29, 1.82) is 0 Å². The number of methoxy groups -OCH3 is 3. The smallest absolute Gasteiger partial charge is 0.313 e. The maximum atomic E-state index is 10.6. The number of aromatic amines is 1. The number of thioether (sulfide) groups is 1. The van der Waals surface area contributed by atoms with E-state index in [2.05, 4.69) is 15.2 Å². The van der Waals surface area contributed by atoms with Crippen LogP contribution in [0.4, 0.5) is 0 Å². The fraction of sp³-hybridized carbons (Fsp3) is 0.308. The SMILES string of the molecule is COc1cc(-c2nnc(SCC(=O)O)[nH]2)cc(OC)c1OC. The van der Waals surface area contributed by atoms with Gasteiger partial charge in [0, 0.05) is 5.56 Å². The molecule has 0 amide bonds. The van der Waals surface area contributed by atoms with Gasteiger partial charge < -0.3 is 24.3 Å². The number of H-pyrrole nitrogens is 1. The summed E-state index contributed by atoms with van der Waals surface area (Å²) in [6.45, 7) is 0. The summed E-state index contributed by atoms with van der Waals surface area (Å²) in [6.07, 6.45) is 0. The highest BCUT2D eigenvalue weighted by Gasteiger charge is 2.16. The lowest BCUT2D eigenvalue weighted by atomic mass is 10.1. The van der Waals surface area contributed by atoms with Gasteiger partial charge in [-0.05, 0) is 12.1 Å². The van der Waals surface area contributed by atoms with E-state index in [9.17, 15) is 4.79 Å². The predicted molar refractivity (Wildman–Crippen MR) is 79.8 cm³/mol. The Balaban J connectivity index is 2.34. The molecule has 0 aliphatic heterocycles. The van der Waals surface area contributed by atoms with E-state index in [-0.39, 0.29) is 5.75 Å². The van der Waals surface area contributed by atoms with Gasteiger partial charge in [-0.3, -0.25) is 4.79 Å². The zero-order valence-electron chi connectivity index (χ0n) is 12.2. The summed E-state index contributed by atoms with van der Waals surface area (Å²) in [4.78, 5) is 13.5. The summed E-state index contributed by atoms with van der Waals surface area (Å²) < 4.78 is 15.8. The lowest BCUT2D eigenvalue weighted by molar-refractivity contribution is -0.133. The first kappa shape index (κ1) is 16.0. The second-order valence-electron chi connectivity index (χ2n) is 4.08. The highest BCUT2D eigenvalue weighted by molar-refractivity contribution is 7.99. The standard InChI is InChI=1S/C13H15N3O5S/c1-19-8-4-7(5-9(20-2)11(8)21-3)12-14-13(16-15-12)22-6-10(17)18/h4-5H,6H2,1-3H3,(H,17,18)(H,14,15,16). The van der Waals surface area contributed by atoms with Crippen LogP contribution in [0.1, 0.15) is 0 Å². The number of nitrogens with zero attached hydrogens (tertiary/aromatic N) is 2. The van der Waals surface area contributed by atoms with Gasteiger partial charge in [-0.25, -0.2) is 0 Å². The molecule has 2 aromatic rings. The van der Waals surface area contributed by atoms with Gasteiger partial charge in [0.25, 0.3) is 0 Å². The number of hydrogen-bond acceptors (Lipinski definition) is 7. The van der Waals surface area contributed by atoms with Crippen molar-refractivity contribution in [3.63, 3.8) is 0 Å². The number of carbonyl (C=O) groups is 1. The number of carboxylic acid groups (broad SMARTS) is 1. The van der Waals surface area contributed by atoms with Crippen molar-refractivity contribution in [1.82, 2.24) is 15.2 Å². The number of benzene rings is 1. The van der Waals surface area contributed by atoms with Gasteiger partial charge >= 0.3 is 5.97 Å². The molecular weight excluding hydrogens is 310 g/mol. The van der Waals surface area contributed by atoms with Crippen molar-refractivity contribution in [3.05, 3.63) is 12.1 Å². The molecule has 0 spiro atoms. The predicted octanol–water partition coefficient (Wildman–Crippen LogP) is 1.67. The first-order chi connectivity index (χ1) is 10.6. The molecule has 0 fully saturated rings. The lowest BCUT2D eigenvalue weighted by Crippen LogP contribution is -1.97. The van der Waals surface area contributed by atoms with E-state index in [4.69, 9.17) is 19.3 Å². The fourth-order valence-electron chi connectivity index (χ4n) is 1.79. The number of aromatic nitrogens is 3. The molecule has 9 heteroatoms. The molecule has 2 rings (SSSR count). The van der Waals surface area contributed by atoms with E-state index in [1.807, 2.05) is 0 Å². The minimum Gasteiger partial charge on any atom is -0.493 e. The number of aliphatic carboxylic acids is 1. The Hall–Kier alpha value is -2.42. The van der Waals surface area contributed by atoms with Crippen LogP contribution < -0.4 is 14.2 Å². The number of nitrogens with one attached hydrogen (secondary N) is 1. The highest BCUT2D eigenvalue weighted by atomic mass is 32.2. The van der Waals surface area contributed by atoms with E-state index in [0.717, 1.165) is 11.8 Å². The van der Waals surface area contributed by atoms with Crippen LogP contribution in [0.5, 0.6) is 17.2 Å². The molecule has 0 saturated heterocycles. The molecule has 0 unspecified atom stereocenters. The Morgan fingerprint density at radius 1 is 1.18 bits per heavy atom. The Morgan fingerprint density at radius 3 is 2.32 bits per heavy atom. The Labute approximate surface area is 130 Å². The van der Waals surface area contributed by atoms with Crippen molar-refractivity contribution < 1.29 is 24.1 Å². The number of carboxylic acids is 1. The van der Waals surface area contributed by atoms with Crippen LogP contribution in [-0.4, -0.2) is 53.3 Å². The van der Waals surface area contributed by atoms with Crippen LogP contribution in [0.3, 0.4) is 0 Å². The topological polar surface area (TPSA) is 107 Å². The average Bonchev–Trinajstić information content (AvgIpc) is 3.00. The summed E-state index contributed by atoms with van der Waals surface area (Å²) in [5, 5.41) is 17.0. The van der Waals surface area contributed by atoms with Gasteiger partial charge in [0.15, 0.2) is 22.5 Å². The van der Waals surface area contributed by atoms with Crippen LogP contribution in [0.2, 0.25) is 0 Å². The highest BCUT2D eigenvalue weighted by Crippen LogP contribution is 2.40. The summed E-state index contributed by atoms with van der Waals surface area (Å²) >= 11 is 1.06. The van der Waals surface area contributed by atoms with Crippen molar-refractivity contribution in [3.8, 4) is 28.6 Å². The molecule has 0 bridgehead atoms. The van der Waals surface area contributed by atoms with Crippen LogP contribution in [-0.2, 0) is 4.79 Å². The number of hydrogen-bond donors (Lipinski definition) is 2. The molecule has 2 N–H and O–H groups in total. The fourth-order valence-corrected chi connectivity index (χ4v) is 2.32. The summed E-state index contributed by atoms with van der Waals surface area (Å²) in [7, 11) is 4.57. The molecule has 0 aliphatic rings. The molecule has 0 saturated carbocycles. The Kier molecular flexibility index (Phi) is 5.10. The third-order valence-electron chi connectivity index (χ3n) is 2.74. The van der Waals surface area contributed by atoms with Gasteiger partial charge in [-0.1, -0.05) is 11.8 Å². The van der Waals surface area contributed by atoms with Crippen molar-refractivity contribution in [2.75, 3.05) is 27.1 Å². The molecule has 0 aliphatic carbocycles. The van der Waals surface area contributed by atoms with Crippen molar-refractivity contribution >= 4 is 17.7 Å². The van der Waals surface area contributed by atoms with E-state index in [0.29, 0.717) is 33.8 Å². The summed E-state index contributed by atoms with van der Waals surface area (Å²) in [6, 6.07) is 3.46. The second-order valence-corrected chi connectivity index (χ2v) is 5.04. The maximum absolute atomic E-state index is 10.6. The first-order valence-electron chi connectivity index (χ1n) is 6.16. The first-order valence-corrected chi connectivity index (χ1v) is 7.15. The molecule has 22 heavy (non-hydrogen) atoms. The number of ether oxygens (including phenoxy) is 3. The number of rotatable bonds is 7. The lowest BCUT2D eigenvalue weighted by Gasteiger charge is -2.13. The van der Waals surface area contributed by atoms with E-state index >= 15 is 0 Å². The third kappa shape index (κ3) is 3.42. The van der Waals surface area contributed by atoms with Gasteiger partial charge in [-0.15, -0.1) is 10.2 Å². The summed E-state index contributed by atoms with van der Waals surface area (Å²) in [5.41, 5.74) is 0.684. The molecule has 1 aromatic carbocycles. The molecular formula is C13H15N3O5S.